The molecule has 0 bridgehead atoms. The summed E-state index contributed by atoms with van der Waals surface area (Å²) in [6, 6.07) is 5.22. The Hall–Kier alpha value is -2.10. The number of pyridine rings is 1. The van der Waals surface area contributed by atoms with E-state index in [0.717, 1.165) is 12.8 Å². The van der Waals surface area contributed by atoms with Gasteiger partial charge in [-0.3, -0.25) is 9.59 Å². The van der Waals surface area contributed by atoms with Crippen LogP contribution in [0.1, 0.15) is 23.2 Å². The third kappa shape index (κ3) is 1.70. The number of H-pyrrole nitrogens is 1. The van der Waals surface area contributed by atoms with Gasteiger partial charge in [-0.1, -0.05) is 0 Å². The number of benzene rings is 1. The van der Waals surface area contributed by atoms with Crippen molar-refractivity contribution < 1.29 is 9.53 Å². The molecule has 1 heterocycles. The number of fused-ring (bicyclic) bond motifs is 1. The van der Waals surface area contributed by atoms with E-state index in [1.807, 2.05) is 0 Å². The maximum atomic E-state index is 12.3. The van der Waals surface area contributed by atoms with E-state index >= 15 is 0 Å². The Labute approximate surface area is 104 Å². The van der Waals surface area contributed by atoms with Crippen LogP contribution in [0.3, 0.4) is 0 Å². The van der Waals surface area contributed by atoms with Crippen LogP contribution < -0.4 is 10.2 Å². The van der Waals surface area contributed by atoms with Gasteiger partial charge in [-0.25, -0.2) is 0 Å². The molecule has 0 radical (unpaired) electrons. The number of ether oxygens (including phenoxy) is 1. The third-order valence-corrected chi connectivity index (χ3v) is 3.30. The highest BCUT2D eigenvalue weighted by Crippen LogP contribution is 2.32. The molecule has 1 aliphatic rings. The van der Waals surface area contributed by atoms with E-state index in [9.17, 15) is 9.59 Å². The second-order valence-electron chi connectivity index (χ2n) is 4.58. The zero-order chi connectivity index (χ0) is 12.7. The first kappa shape index (κ1) is 11.0. The van der Waals surface area contributed by atoms with Crippen molar-refractivity contribution in [3.8, 4) is 5.75 Å². The van der Waals surface area contributed by atoms with Gasteiger partial charge in [-0.2, -0.15) is 0 Å². The third-order valence-electron chi connectivity index (χ3n) is 3.30. The van der Waals surface area contributed by atoms with Gasteiger partial charge in [-0.05, 0) is 31.0 Å². The van der Waals surface area contributed by atoms with Crippen LogP contribution in [0.15, 0.2) is 29.2 Å². The molecule has 3 rings (SSSR count). The SMILES string of the molecule is COc1ccc2[nH]cc(C(=O)C3CC3)c(=O)c2c1. The lowest BCUT2D eigenvalue weighted by Crippen LogP contribution is -2.17. The standard InChI is InChI=1S/C14H13NO3/c1-18-9-4-5-12-10(6-9)14(17)11(7-15-12)13(16)8-2-3-8/h4-8H,2-3H2,1H3,(H,15,17). The van der Waals surface area contributed by atoms with Crippen LogP contribution in [0.5, 0.6) is 5.75 Å². The van der Waals surface area contributed by atoms with E-state index in [1.165, 1.54) is 6.20 Å². The minimum absolute atomic E-state index is 0.0408. The largest absolute Gasteiger partial charge is 0.497 e. The maximum Gasteiger partial charge on any atom is 0.200 e. The van der Waals surface area contributed by atoms with Crippen molar-refractivity contribution >= 4 is 16.7 Å². The number of carbonyl (C=O) groups is 1. The Balaban J connectivity index is 2.20. The van der Waals surface area contributed by atoms with Crippen molar-refractivity contribution in [2.24, 2.45) is 5.92 Å². The summed E-state index contributed by atoms with van der Waals surface area (Å²) in [6.07, 6.45) is 3.32. The van der Waals surface area contributed by atoms with Crippen molar-refractivity contribution in [2.75, 3.05) is 7.11 Å². The Morgan fingerprint density at radius 3 is 2.83 bits per heavy atom. The molecule has 1 fully saturated rings. The van der Waals surface area contributed by atoms with Crippen molar-refractivity contribution in [3.63, 3.8) is 0 Å². The van der Waals surface area contributed by atoms with Gasteiger partial charge >= 0.3 is 0 Å². The molecule has 2 aromatic rings. The number of rotatable bonds is 3. The van der Waals surface area contributed by atoms with Crippen molar-refractivity contribution in [1.82, 2.24) is 4.98 Å². The average Bonchev–Trinajstić information content (AvgIpc) is 3.22. The summed E-state index contributed by atoms with van der Waals surface area (Å²) in [5, 5.41) is 0.501. The topological polar surface area (TPSA) is 59.2 Å². The summed E-state index contributed by atoms with van der Waals surface area (Å²) in [5.41, 5.74) is 0.769. The predicted molar refractivity (Wildman–Crippen MR) is 68.2 cm³/mol. The van der Waals surface area contributed by atoms with Gasteiger partial charge in [0.05, 0.1) is 12.7 Å². The van der Waals surface area contributed by atoms with E-state index in [-0.39, 0.29) is 22.7 Å². The number of carbonyl (C=O) groups excluding carboxylic acids is 1. The predicted octanol–water partition coefficient (Wildman–Crippen LogP) is 2.13. The number of methoxy groups -OCH3 is 1. The first-order valence-corrected chi connectivity index (χ1v) is 5.94. The number of aromatic amines is 1. The Morgan fingerprint density at radius 1 is 1.39 bits per heavy atom. The molecule has 0 spiro atoms. The Kier molecular flexibility index (Phi) is 2.44. The molecule has 1 aromatic heterocycles. The second-order valence-corrected chi connectivity index (χ2v) is 4.58. The molecule has 1 aliphatic carbocycles. The lowest BCUT2D eigenvalue weighted by atomic mass is 10.1. The number of hydrogen-bond donors (Lipinski definition) is 1. The number of Topliss-reactive ketones (excluding diaryl/α,β-unsaturated/α-hetero) is 1. The van der Waals surface area contributed by atoms with Gasteiger partial charge in [0.25, 0.3) is 0 Å². The first-order chi connectivity index (χ1) is 8.70. The summed E-state index contributed by atoms with van der Waals surface area (Å²) in [4.78, 5) is 27.2. The molecular weight excluding hydrogens is 230 g/mol. The molecule has 4 heteroatoms. The molecule has 0 amide bonds. The van der Waals surface area contributed by atoms with E-state index in [4.69, 9.17) is 4.74 Å². The van der Waals surface area contributed by atoms with Crippen LogP contribution in [0.4, 0.5) is 0 Å². The zero-order valence-electron chi connectivity index (χ0n) is 10.0. The summed E-state index contributed by atoms with van der Waals surface area (Å²) in [5.74, 6) is 0.624. The normalized spacial score (nSPS) is 14.7. The summed E-state index contributed by atoms with van der Waals surface area (Å²) < 4.78 is 5.10. The fourth-order valence-corrected chi connectivity index (χ4v) is 2.07. The van der Waals surface area contributed by atoms with Crippen LogP contribution >= 0.6 is 0 Å². The molecule has 1 aromatic carbocycles. The highest BCUT2D eigenvalue weighted by molar-refractivity contribution is 6.01. The lowest BCUT2D eigenvalue weighted by Gasteiger charge is -2.04. The van der Waals surface area contributed by atoms with Gasteiger partial charge < -0.3 is 9.72 Å². The Bertz CT molecular complexity index is 683. The fraction of sp³-hybridized carbons (Fsp3) is 0.286. The number of nitrogens with one attached hydrogen (secondary N) is 1. The molecule has 1 N–H and O–H groups in total. The quantitative estimate of drug-likeness (QED) is 0.840. The minimum Gasteiger partial charge on any atom is -0.497 e. The summed E-state index contributed by atoms with van der Waals surface area (Å²) in [7, 11) is 1.55. The van der Waals surface area contributed by atoms with Gasteiger partial charge in [0.2, 0.25) is 0 Å². The van der Waals surface area contributed by atoms with Gasteiger partial charge in [0.15, 0.2) is 11.2 Å². The molecule has 1 saturated carbocycles. The highest BCUT2D eigenvalue weighted by Gasteiger charge is 2.32. The summed E-state index contributed by atoms with van der Waals surface area (Å²) in [6.45, 7) is 0. The number of ketones is 1. The van der Waals surface area contributed by atoms with Crippen LogP contribution in [0.25, 0.3) is 10.9 Å². The van der Waals surface area contributed by atoms with E-state index < -0.39 is 0 Å². The van der Waals surface area contributed by atoms with E-state index in [0.29, 0.717) is 16.7 Å². The molecule has 18 heavy (non-hydrogen) atoms. The van der Waals surface area contributed by atoms with E-state index in [1.54, 1.807) is 25.3 Å². The summed E-state index contributed by atoms with van der Waals surface area (Å²) >= 11 is 0. The smallest absolute Gasteiger partial charge is 0.200 e. The molecular formula is C14H13NO3. The lowest BCUT2D eigenvalue weighted by molar-refractivity contribution is 0.0966. The molecule has 0 atom stereocenters. The highest BCUT2D eigenvalue weighted by atomic mass is 16.5. The van der Waals surface area contributed by atoms with E-state index in [2.05, 4.69) is 4.98 Å². The van der Waals surface area contributed by atoms with Crippen molar-refractivity contribution in [1.29, 1.82) is 0 Å². The molecule has 4 nitrogen and oxygen atoms in total. The van der Waals surface area contributed by atoms with Crippen molar-refractivity contribution in [3.05, 3.63) is 40.2 Å². The second kappa shape index (κ2) is 3.98. The fourth-order valence-electron chi connectivity index (χ4n) is 2.07. The van der Waals surface area contributed by atoms with Crippen LogP contribution in [-0.4, -0.2) is 17.9 Å². The molecule has 92 valence electrons. The van der Waals surface area contributed by atoms with Gasteiger partial charge in [-0.15, -0.1) is 0 Å². The molecule has 0 saturated heterocycles. The monoisotopic (exact) mass is 243 g/mol. The van der Waals surface area contributed by atoms with Gasteiger partial charge in [0, 0.05) is 23.0 Å². The maximum absolute atomic E-state index is 12.3. The first-order valence-electron chi connectivity index (χ1n) is 5.94. The molecule has 0 aliphatic heterocycles. The van der Waals surface area contributed by atoms with Gasteiger partial charge in [0.1, 0.15) is 5.75 Å². The van der Waals surface area contributed by atoms with Crippen LogP contribution in [-0.2, 0) is 0 Å². The average molecular weight is 243 g/mol. The molecule has 0 unspecified atom stereocenters. The van der Waals surface area contributed by atoms with Crippen LogP contribution in [0, 0.1) is 5.92 Å². The zero-order valence-corrected chi connectivity index (χ0v) is 10.0. The van der Waals surface area contributed by atoms with Crippen LogP contribution in [0.2, 0.25) is 0 Å². The number of aromatic nitrogens is 1. The minimum atomic E-state index is -0.209. The van der Waals surface area contributed by atoms with Crippen molar-refractivity contribution in [2.45, 2.75) is 12.8 Å². The Morgan fingerprint density at radius 2 is 2.17 bits per heavy atom. The number of hydrogen-bond acceptors (Lipinski definition) is 3.